The monoisotopic (exact) mass is 810 g/mol. The minimum atomic E-state index is -3.25. The molecule has 3 heterocycles. The van der Waals surface area contributed by atoms with Gasteiger partial charge < -0.3 is 0 Å². The van der Waals surface area contributed by atoms with Crippen LogP contribution in [0.5, 0.6) is 0 Å². The molecule has 0 aliphatic carbocycles. The topological polar surface area (TPSA) is 30.5 Å². The van der Waals surface area contributed by atoms with E-state index in [0.29, 0.717) is 0 Å². The lowest BCUT2D eigenvalue weighted by molar-refractivity contribution is 0.726. The smallest absolute Gasteiger partial charge is 0.226 e. The number of hydrazine groups is 2. The van der Waals surface area contributed by atoms with Crippen LogP contribution in [0.25, 0.3) is 33.4 Å². The van der Waals surface area contributed by atoms with Crippen molar-refractivity contribution in [2.24, 2.45) is 0 Å². The van der Waals surface area contributed by atoms with Gasteiger partial charge in [-0.1, -0.05) is 194 Å². The number of fused-ring (bicyclic) bond motifs is 2. The van der Waals surface area contributed by atoms with Gasteiger partial charge in [0.25, 0.3) is 0 Å². The highest BCUT2D eigenvalue weighted by molar-refractivity contribution is 7.98. The lowest BCUT2D eigenvalue weighted by atomic mass is 9.94. The molecule has 3 aliphatic heterocycles. The second kappa shape index (κ2) is 14.9. The summed E-state index contributed by atoms with van der Waals surface area (Å²) in [6.45, 7) is 0. The minimum Gasteiger partial charge on any atom is -0.287 e. The van der Waals surface area contributed by atoms with Crippen LogP contribution in [0.15, 0.2) is 239 Å². The molecule has 0 spiro atoms. The number of hydrogen-bond donors (Lipinski definition) is 2. The lowest BCUT2D eigenvalue weighted by Crippen LogP contribution is -2.65. The van der Waals surface area contributed by atoms with Crippen molar-refractivity contribution in [1.29, 1.82) is 0 Å². The number of rotatable bonds is 8. The summed E-state index contributed by atoms with van der Waals surface area (Å²) in [4.78, 5) is 2.38. The van der Waals surface area contributed by atoms with E-state index in [4.69, 9.17) is 0 Å². The van der Waals surface area contributed by atoms with Gasteiger partial charge in [-0.3, -0.25) is 10.9 Å². The lowest BCUT2D eigenvalue weighted by Gasteiger charge is -2.40. The summed E-state index contributed by atoms with van der Waals surface area (Å²) in [6, 6.07) is 79.5. The fourth-order valence-electron chi connectivity index (χ4n) is 8.77. The Morgan fingerprint density at radius 2 is 0.644 bits per heavy atom. The summed E-state index contributed by atoms with van der Waals surface area (Å²) in [6.07, 6.45) is 0. The van der Waals surface area contributed by atoms with E-state index in [2.05, 4.69) is 238 Å². The standard InChI is InChI=1S/C52H38N4S2Si/c1-7-19-37(20-8-1)41-31-33-47-45(35-41)53-55(57-47)51-49(39-23-11-3-12-24-39)50(40-25-13-4-14-26-40)52(59(51,43-27-15-5-16-28-43)44-29-17-6-18-30-44)56-54-46-36-42(32-34-48(46)58-56)38-21-9-2-10-22-38/h1-36,53-54H. The molecule has 0 unspecified atom stereocenters. The zero-order valence-electron chi connectivity index (χ0n) is 32.0. The second-order valence-corrected chi connectivity index (χ2v) is 20.4. The average Bonchev–Trinajstić information content (AvgIpc) is 4.03. The third kappa shape index (κ3) is 6.09. The molecule has 11 rings (SSSR count). The molecule has 0 amide bonds. The molecule has 8 aromatic rings. The van der Waals surface area contributed by atoms with E-state index in [1.807, 2.05) is 0 Å². The summed E-state index contributed by atoms with van der Waals surface area (Å²) >= 11 is 3.57. The molecule has 4 nitrogen and oxygen atoms in total. The molecule has 0 fully saturated rings. The Bertz CT molecular complexity index is 2670. The molecule has 0 radical (unpaired) electrons. The third-order valence-electron chi connectivity index (χ3n) is 11.4. The molecular weight excluding hydrogens is 773 g/mol. The number of allylic oxidation sites excluding steroid dienone is 2. The van der Waals surface area contributed by atoms with Crippen LogP contribution in [0.1, 0.15) is 11.1 Å². The van der Waals surface area contributed by atoms with Gasteiger partial charge in [0.1, 0.15) is 0 Å². The first-order chi connectivity index (χ1) is 29.3. The maximum atomic E-state index is 4.01. The summed E-state index contributed by atoms with van der Waals surface area (Å²) in [7, 11) is -3.25. The van der Waals surface area contributed by atoms with Gasteiger partial charge in [-0.05, 0) is 68.0 Å². The van der Waals surface area contributed by atoms with Gasteiger partial charge in [0.2, 0.25) is 8.07 Å². The van der Waals surface area contributed by atoms with Crippen molar-refractivity contribution in [3.05, 3.63) is 240 Å². The molecule has 59 heavy (non-hydrogen) atoms. The number of nitrogens with one attached hydrogen (secondary N) is 2. The van der Waals surface area contributed by atoms with Gasteiger partial charge >= 0.3 is 0 Å². The molecule has 0 bridgehead atoms. The summed E-state index contributed by atoms with van der Waals surface area (Å²) in [5, 5.41) is 5.17. The van der Waals surface area contributed by atoms with Crippen molar-refractivity contribution >= 4 is 64.9 Å². The first-order valence-electron chi connectivity index (χ1n) is 19.9. The Hall–Kier alpha value is -6.64. The largest absolute Gasteiger partial charge is 0.287 e. The van der Waals surface area contributed by atoms with Gasteiger partial charge in [0, 0.05) is 35.0 Å². The molecule has 3 aliphatic rings. The maximum Gasteiger partial charge on any atom is 0.226 e. The Balaban J connectivity index is 1.19. The van der Waals surface area contributed by atoms with Crippen LogP contribution in [0.2, 0.25) is 0 Å². The van der Waals surface area contributed by atoms with Crippen LogP contribution in [0.4, 0.5) is 11.4 Å². The molecular formula is C52H38N4S2Si. The number of anilines is 2. The normalized spacial score (nSPS) is 15.2. The van der Waals surface area contributed by atoms with E-state index in [1.54, 1.807) is 23.9 Å². The van der Waals surface area contributed by atoms with Gasteiger partial charge in [-0.15, -0.1) is 0 Å². The number of nitrogens with zero attached hydrogens (tertiary/aromatic N) is 2. The van der Waals surface area contributed by atoms with E-state index >= 15 is 0 Å². The molecule has 0 saturated carbocycles. The molecule has 282 valence electrons. The van der Waals surface area contributed by atoms with Gasteiger partial charge in [-0.25, -0.2) is 8.83 Å². The fourth-order valence-corrected chi connectivity index (χ4v) is 16.6. The van der Waals surface area contributed by atoms with Crippen LogP contribution in [0.3, 0.4) is 0 Å². The maximum absolute atomic E-state index is 4.01. The molecule has 2 N–H and O–H groups in total. The number of hydrogen-bond acceptors (Lipinski definition) is 6. The Labute approximate surface area is 354 Å². The van der Waals surface area contributed by atoms with Gasteiger partial charge in [0.15, 0.2) is 0 Å². The molecule has 0 saturated heterocycles. The van der Waals surface area contributed by atoms with E-state index in [0.717, 1.165) is 11.4 Å². The predicted octanol–water partition coefficient (Wildman–Crippen LogP) is 12.2. The molecule has 8 aromatic carbocycles. The summed E-state index contributed by atoms with van der Waals surface area (Å²) in [5.41, 5.74) is 19.8. The van der Waals surface area contributed by atoms with Gasteiger partial charge in [-0.2, -0.15) is 0 Å². The van der Waals surface area contributed by atoms with E-state index < -0.39 is 8.07 Å². The summed E-state index contributed by atoms with van der Waals surface area (Å²) < 4.78 is 4.82. The Morgan fingerprint density at radius 1 is 0.322 bits per heavy atom. The van der Waals surface area contributed by atoms with Crippen LogP contribution >= 0.6 is 23.9 Å². The highest BCUT2D eigenvalue weighted by atomic mass is 32.2. The summed E-state index contributed by atoms with van der Waals surface area (Å²) in [5.74, 6) is 0. The Kier molecular flexibility index (Phi) is 8.99. The van der Waals surface area contributed by atoms with Crippen molar-refractivity contribution in [2.75, 3.05) is 10.9 Å². The minimum absolute atomic E-state index is 1.10. The molecule has 0 aromatic heterocycles. The van der Waals surface area contributed by atoms with Crippen molar-refractivity contribution in [3.8, 4) is 22.3 Å². The van der Waals surface area contributed by atoms with Crippen molar-refractivity contribution in [1.82, 2.24) is 8.83 Å². The zero-order valence-corrected chi connectivity index (χ0v) is 34.6. The molecule has 7 heteroatoms. The van der Waals surface area contributed by atoms with Crippen molar-refractivity contribution in [2.45, 2.75) is 9.79 Å². The van der Waals surface area contributed by atoms with Gasteiger partial charge in [0.05, 0.1) is 31.8 Å². The molecule has 0 atom stereocenters. The van der Waals surface area contributed by atoms with Crippen LogP contribution < -0.4 is 21.2 Å². The van der Waals surface area contributed by atoms with Crippen molar-refractivity contribution < 1.29 is 0 Å². The quantitative estimate of drug-likeness (QED) is 0.117. The first kappa shape index (κ1) is 35.5. The highest BCUT2D eigenvalue weighted by Gasteiger charge is 2.58. The fraction of sp³-hybridized carbons (Fsp3) is 0. The zero-order chi connectivity index (χ0) is 39.2. The van der Waals surface area contributed by atoms with Crippen LogP contribution in [-0.4, -0.2) is 16.9 Å². The highest BCUT2D eigenvalue weighted by Crippen LogP contribution is 2.57. The van der Waals surface area contributed by atoms with E-state index in [1.165, 1.54) is 75.3 Å². The predicted molar refractivity (Wildman–Crippen MR) is 251 cm³/mol. The van der Waals surface area contributed by atoms with Crippen LogP contribution in [0, 0.1) is 0 Å². The van der Waals surface area contributed by atoms with E-state index in [9.17, 15) is 0 Å². The van der Waals surface area contributed by atoms with Crippen molar-refractivity contribution in [3.63, 3.8) is 0 Å². The average molecular weight is 811 g/mol. The number of benzene rings is 8. The van der Waals surface area contributed by atoms with E-state index in [-0.39, 0.29) is 0 Å². The second-order valence-electron chi connectivity index (χ2n) is 14.8. The van der Waals surface area contributed by atoms with Crippen LogP contribution in [-0.2, 0) is 0 Å². The SMILES string of the molecule is c1ccc(C2=C(N3Nc4cc(-c5ccccc5)ccc4S3)[Si](c3ccccc3)(c3ccccc3)C(N3Nc4cc(-c5ccccc5)ccc4S3)=C2c2ccccc2)cc1. The first-order valence-corrected chi connectivity index (χ1v) is 23.4. The third-order valence-corrected chi connectivity index (χ3v) is 18.5. The Morgan fingerprint density at radius 3 is 1.00 bits per heavy atom.